The van der Waals surface area contributed by atoms with Gasteiger partial charge < -0.3 is 15.0 Å². The Labute approximate surface area is 127 Å². The highest BCUT2D eigenvalue weighted by Crippen LogP contribution is 2.13. The van der Waals surface area contributed by atoms with E-state index in [4.69, 9.17) is 4.74 Å². The first-order valence-electron chi connectivity index (χ1n) is 7.22. The topological polar surface area (TPSA) is 70.2 Å². The van der Waals surface area contributed by atoms with Gasteiger partial charge in [-0.05, 0) is 18.4 Å². The van der Waals surface area contributed by atoms with Crippen LogP contribution < -0.4 is 10.9 Å². The molecule has 1 unspecified atom stereocenters. The Bertz CT molecular complexity index is 648. The number of aromatic nitrogens is 2. The SMILES string of the molecule is CC(CN1CCOCC1)NCc1nc2ccsc2c(=O)[nH]1. The molecule has 0 amide bonds. The molecule has 0 aliphatic carbocycles. The van der Waals surface area contributed by atoms with Crippen LogP contribution in [0, 0.1) is 0 Å². The molecular formula is C14H20N4O2S. The van der Waals surface area contributed by atoms with Crippen molar-refractivity contribution in [1.82, 2.24) is 20.2 Å². The van der Waals surface area contributed by atoms with Gasteiger partial charge in [-0.1, -0.05) is 0 Å². The van der Waals surface area contributed by atoms with Crippen molar-refractivity contribution in [2.45, 2.75) is 19.5 Å². The van der Waals surface area contributed by atoms with Crippen molar-refractivity contribution >= 4 is 21.6 Å². The zero-order valence-corrected chi connectivity index (χ0v) is 12.9. The van der Waals surface area contributed by atoms with Crippen molar-refractivity contribution in [3.8, 4) is 0 Å². The summed E-state index contributed by atoms with van der Waals surface area (Å²) >= 11 is 1.43. The zero-order valence-electron chi connectivity index (χ0n) is 12.1. The molecule has 0 aromatic carbocycles. The molecule has 1 aliphatic rings. The summed E-state index contributed by atoms with van der Waals surface area (Å²) in [6, 6.07) is 2.22. The van der Waals surface area contributed by atoms with E-state index in [0.717, 1.165) is 38.4 Å². The van der Waals surface area contributed by atoms with Gasteiger partial charge in [-0.2, -0.15) is 0 Å². The molecule has 1 aliphatic heterocycles. The molecular weight excluding hydrogens is 288 g/mol. The first-order chi connectivity index (χ1) is 10.2. The van der Waals surface area contributed by atoms with Crippen LogP contribution in [0.2, 0.25) is 0 Å². The summed E-state index contributed by atoms with van der Waals surface area (Å²) in [6.45, 7) is 7.31. The second-order valence-corrected chi connectivity index (χ2v) is 6.26. The third kappa shape index (κ3) is 3.68. The van der Waals surface area contributed by atoms with Crippen molar-refractivity contribution in [2.24, 2.45) is 0 Å². The third-order valence-electron chi connectivity index (χ3n) is 3.62. The lowest BCUT2D eigenvalue weighted by Crippen LogP contribution is -2.44. The van der Waals surface area contributed by atoms with Crippen LogP contribution in [0.4, 0.5) is 0 Å². The van der Waals surface area contributed by atoms with Crippen LogP contribution in [-0.2, 0) is 11.3 Å². The molecule has 21 heavy (non-hydrogen) atoms. The minimum atomic E-state index is -0.0485. The van der Waals surface area contributed by atoms with Gasteiger partial charge in [0.25, 0.3) is 5.56 Å². The van der Waals surface area contributed by atoms with E-state index in [-0.39, 0.29) is 5.56 Å². The second kappa shape index (κ2) is 6.65. The number of fused-ring (bicyclic) bond motifs is 1. The highest BCUT2D eigenvalue weighted by molar-refractivity contribution is 7.17. The number of nitrogens with one attached hydrogen (secondary N) is 2. The quantitative estimate of drug-likeness (QED) is 0.855. The van der Waals surface area contributed by atoms with Crippen molar-refractivity contribution in [2.75, 3.05) is 32.8 Å². The van der Waals surface area contributed by atoms with Gasteiger partial charge in [0.1, 0.15) is 10.5 Å². The Morgan fingerprint density at radius 2 is 2.33 bits per heavy atom. The van der Waals surface area contributed by atoms with Crippen LogP contribution in [0.25, 0.3) is 10.2 Å². The van der Waals surface area contributed by atoms with E-state index in [9.17, 15) is 4.79 Å². The van der Waals surface area contributed by atoms with E-state index < -0.39 is 0 Å². The molecule has 114 valence electrons. The summed E-state index contributed by atoms with van der Waals surface area (Å²) in [5, 5.41) is 5.31. The van der Waals surface area contributed by atoms with Crippen LogP contribution in [-0.4, -0.2) is 53.8 Å². The van der Waals surface area contributed by atoms with Crippen LogP contribution in [0.3, 0.4) is 0 Å². The van der Waals surface area contributed by atoms with E-state index in [2.05, 4.69) is 27.1 Å². The number of hydrogen-bond acceptors (Lipinski definition) is 6. The fourth-order valence-electron chi connectivity index (χ4n) is 2.51. The number of morpholine rings is 1. The first kappa shape index (κ1) is 14.6. The highest BCUT2D eigenvalue weighted by Gasteiger charge is 2.13. The molecule has 0 bridgehead atoms. The number of nitrogens with zero attached hydrogens (tertiary/aromatic N) is 2. The molecule has 1 fully saturated rings. The van der Waals surface area contributed by atoms with E-state index >= 15 is 0 Å². The van der Waals surface area contributed by atoms with Crippen molar-refractivity contribution in [1.29, 1.82) is 0 Å². The zero-order chi connectivity index (χ0) is 14.7. The van der Waals surface area contributed by atoms with Crippen molar-refractivity contribution < 1.29 is 4.74 Å². The number of ether oxygens (including phenoxy) is 1. The minimum absolute atomic E-state index is 0.0485. The standard InChI is InChI=1S/C14H20N4O2S/c1-10(9-18-3-5-20-6-4-18)15-8-12-16-11-2-7-21-13(11)14(19)17-12/h2,7,10,15H,3-6,8-9H2,1H3,(H,16,17,19). The number of H-pyrrole nitrogens is 1. The van der Waals surface area contributed by atoms with E-state index in [1.54, 1.807) is 0 Å². The molecule has 6 nitrogen and oxygen atoms in total. The predicted octanol–water partition coefficient (Wildman–Crippen LogP) is 0.795. The fraction of sp³-hybridized carbons (Fsp3) is 0.571. The highest BCUT2D eigenvalue weighted by atomic mass is 32.1. The van der Waals surface area contributed by atoms with Gasteiger partial charge in [0.15, 0.2) is 0 Å². The average Bonchev–Trinajstić information content (AvgIpc) is 2.95. The van der Waals surface area contributed by atoms with Gasteiger partial charge in [-0.15, -0.1) is 11.3 Å². The average molecular weight is 308 g/mol. The molecule has 1 atom stereocenters. The van der Waals surface area contributed by atoms with Gasteiger partial charge in [0.05, 0.1) is 25.3 Å². The predicted molar refractivity (Wildman–Crippen MR) is 83.8 cm³/mol. The maximum Gasteiger partial charge on any atom is 0.268 e. The third-order valence-corrected chi connectivity index (χ3v) is 4.52. The molecule has 2 aromatic heterocycles. The molecule has 0 spiro atoms. The lowest BCUT2D eigenvalue weighted by Gasteiger charge is -2.29. The summed E-state index contributed by atoms with van der Waals surface area (Å²) in [7, 11) is 0. The largest absolute Gasteiger partial charge is 0.379 e. The van der Waals surface area contributed by atoms with Crippen LogP contribution in [0.1, 0.15) is 12.7 Å². The Morgan fingerprint density at radius 3 is 3.14 bits per heavy atom. The maximum atomic E-state index is 11.9. The van der Waals surface area contributed by atoms with Gasteiger partial charge in [-0.25, -0.2) is 4.98 Å². The van der Waals surface area contributed by atoms with Crippen LogP contribution >= 0.6 is 11.3 Å². The first-order valence-corrected chi connectivity index (χ1v) is 8.10. The number of thiophene rings is 1. The molecule has 7 heteroatoms. The molecule has 3 heterocycles. The van der Waals surface area contributed by atoms with Gasteiger partial charge in [-0.3, -0.25) is 9.69 Å². The summed E-state index contributed by atoms with van der Waals surface area (Å²) in [6.07, 6.45) is 0. The second-order valence-electron chi connectivity index (χ2n) is 5.34. The summed E-state index contributed by atoms with van der Waals surface area (Å²) in [5.41, 5.74) is 0.731. The van der Waals surface area contributed by atoms with Crippen molar-refractivity contribution in [3.05, 3.63) is 27.6 Å². The lowest BCUT2D eigenvalue weighted by molar-refractivity contribution is 0.0343. The maximum absolute atomic E-state index is 11.9. The summed E-state index contributed by atoms with van der Waals surface area (Å²) in [4.78, 5) is 21.6. The molecule has 2 N–H and O–H groups in total. The number of rotatable bonds is 5. The normalized spacial score (nSPS) is 18.1. The summed E-state index contributed by atoms with van der Waals surface area (Å²) in [5.74, 6) is 0.694. The van der Waals surface area contributed by atoms with E-state index in [0.29, 0.717) is 23.1 Å². The molecule has 3 rings (SSSR count). The summed E-state index contributed by atoms with van der Waals surface area (Å²) < 4.78 is 6.04. The molecule has 0 saturated carbocycles. The minimum Gasteiger partial charge on any atom is -0.379 e. The Morgan fingerprint density at radius 1 is 1.52 bits per heavy atom. The van der Waals surface area contributed by atoms with Crippen molar-refractivity contribution in [3.63, 3.8) is 0 Å². The Balaban J connectivity index is 1.56. The monoisotopic (exact) mass is 308 g/mol. The van der Waals surface area contributed by atoms with Crippen LogP contribution in [0.5, 0.6) is 0 Å². The number of aromatic amines is 1. The Hall–Kier alpha value is -1.28. The molecule has 2 aromatic rings. The number of hydrogen-bond donors (Lipinski definition) is 2. The van der Waals surface area contributed by atoms with Gasteiger partial charge in [0, 0.05) is 25.7 Å². The lowest BCUT2D eigenvalue weighted by atomic mass is 10.3. The van der Waals surface area contributed by atoms with Crippen LogP contribution in [0.15, 0.2) is 16.2 Å². The van der Waals surface area contributed by atoms with Gasteiger partial charge >= 0.3 is 0 Å². The van der Waals surface area contributed by atoms with E-state index in [1.165, 1.54) is 11.3 Å². The van der Waals surface area contributed by atoms with Gasteiger partial charge in [0.2, 0.25) is 0 Å². The Kier molecular flexibility index (Phi) is 4.64. The smallest absolute Gasteiger partial charge is 0.268 e. The molecule has 1 saturated heterocycles. The fourth-order valence-corrected chi connectivity index (χ4v) is 3.24. The van der Waals surface area contributed by atoms with E-state index in [1.807, 2.05) is 11.4 Å². The molecule has 0 radical (unpaired) electrons.